The first-order valence-electron chi connectivity index (χ1n) is 14.3. The second-order valence-electron chi connectivity index (χ2n) is 10.7. The van der Waals surface area contributed by atoms with Crippen molar-refractivity contribution in [3.05, 3.63) is 83.4 Å². The summed E-state index contributed by atoms with van der Waals surface area (Å²) in [6.07, 6.45) is 1.14. The lowest BCUT2D eigenvalue weighted by Crippen LogP contribution is -2.50. The highest BCUT2D eigenvalue weighted by Gasteiger charge is 2.57. The fourth-order valence-corrected chi connectivity index (χ4v) is 11.4. The third-order valence-electron chi connectivity index (χ3n) is 7.95. The van der Waals surface area contributed by atoms with E-state index in [2.05, 4.69) is 4.90 Å². The lowest BCUT2D eigenvalue weighted by molar-refractivity contribution is 0.284. The second kappa shape index (κ2) is 14.0. The van der Waals surface area contributed by atoms with Crippen molar-refractivity contribution in [2.45, 2.75) is 36.4 Å². The molecule has 0 aliphatic carbocycles. The van der Waals surface area contributed by atoms with Gasteiger partial charge in [-0.25, -0.2) is 16.8 Å². The number of rotatable bonds is 14. The average Bonchev–Trinajstić information content (AvgIpc) is 3.00. The summed E-state index contributed by atoms with van der Waals surface area (Å²) in [5.41, 5.74) is 2.18. The monoisotopic (exact) mass is 631 g/mol. The van der Waals surface area contributed by atoms with Crippen molar-refractivity contribution in [1.29, 1.82) is 0 Å². The molecule has 0 bridgehead atoms. The van der Waals surface area contributed by atoms with Crippen molar-refractivity contribution >= 4 is 19.7 Å². The summed E-state index contributed by atoms with van der Waals surface area (Å²) in [6.45, 7) is 1.44. The molecule has 4 rings (SSSR count). The van der Waals surface area contributed by atoms with Gasteiger partial charge in [0.25, 0.3) is 0 Å². The van der Waals surface area contributed by atoms with Crippen LogP contribution in [0.1, 0.15) is 36.0 Å². The van der Waals surface area contributed by atoms with Crippen molar-refractivity contribution < 1.29 is 35.8 Å². The average molecular weight is 632 g/mol. The number of likely N-dealkylation sites (N-methyl/N-ethyl adjacent to an activating group) is 1. The second-order valence-corrected chi connectivity index (χ2v) is 15.7. The smallest absolute Gasteiger partial charge is 0.198 e. The molecule has 0 aromatic heterocycles. The Morgan fingerprint density at radius 2 is 1.35 bits per heavy atom. The summed E-state index contributed by atoms with van der Waals surface area (Å²) >= 11 is 0. The van der Waals surface area contributed by atoms with Gasteiger partial charge in [-0.3, -0.25) is 0 Å². The Morgan fingerprint density at radius 1 is 0.721 bits per heavy atom. The predicted octanol–water partition coefficient (Wildman–Crippen LogP) is 4.63. The first-order chi connectivity index (χ1) is 20.6. The first-order valence-corrected chi connectivity index (χ1v) is 17.6. The maximum atomic E-state index is 13.8. The zero-order valence-corrected chi connectivity index (χ0v) is 26.9. The van der Waals surface area contributed by atoms with Crippen LogP contribution in [0.4, 0.5) is 0 Å². The fourth-order valence-electron chi connectivity index (χ4n) is 5.59. The normalized spacial score (nSPS) is 16.9. The summed E-state index contributed by atoms with van der Waals surface area (Å²) in [4.78, 5) is 2.08. The van der Waals surface area contributed by atoms with E-state index in [1.807, 2.05) is 55.6 Å². The van der Waals surface area contributed by atoms with Crippen LogP contribution in [0.5, 0.6) is 23.0 Å². The van der Waals surface area contributed by atoms with Crippen LogP contribution in [-0.2, 0) is 36.8 Å². The van der Waals surface area contributed by atoms with Crippen molar-refractivity contribution in [2.24, 2.45) is 0 Å². The van der Waals surface area contributed by atoms with Gasteiger partial charge in [0.2, 0.25) is 0 Å². The molecule has 0 radical (unpaired) electrons. The van der Waals surface area contributed by atoms with Crippen LogP contribution in [0.15, 0.2) is 66.7 Å². The van der Waals surface area contributed by atoms with Gasteiger partial charge in [-0.05, 0) is 80.2 Å². The van der Waals surface area contributed by atoms with E-state index in [1.54, 1.807) is 26.4 Å². The van der Waals surface area contributed by atoms with E-state index in [0.717, 1.165) is 17.5 Å². The first kappa shape index (κ1) is 32.6. The number of hydrogen-bond donors (Lipinski definition) is 0. The molecule has 3 aromatic carbocycles. The molecule has 234 valence electrons. The van der Waals surface area contributed by atoms with Gasteiger partial charge in [-0.1, -0.05) is 42.5 Å². The number of ether oxygens (including phenoxy) is 4. The van der Waals surface area contributed by atoms with E-state index < -0.39 is 23.8 Å². The molecular formula is C32H41NO8S2. The fraction of sp³-hybridized carbons (Fsp3) is 0.438. The molecule has 0 N–H and O–H groups in total. The molecule has 11 heteroatoms. The van der Waals surface area contributed by atoms with E-state index in [0.29, 0.717) is 42.5 Å². The topological polar surface area (TPSA) is 108 Å². The SMILES string of the molecule is COc1ccc(CCN(C)CCCC2(c3ccc(OC)c(OCc4ccccc4)c3)S(=O)(=O)CCCS2(=O)=O)cc1OC. The van der Waals surface area contributed by atoms with Crippen LogP contribution in [0, 0.1) is 0 Å². The third-order valence-corrected chi connectivity index (χ3v) is 14.0. The molecule has 43 heavy (non-hydrogen) atoms. The van der Waals surface area contributed by atoms with Gasteiger partial charge in [0.1, 0.15) is 6.61 Å². The van der Waals surface area contributed by atoms with E-state index in [1.165, 1.54) is 13.2 Å². The Bertz CT molecular complexity index is 1560. The Labute approximate surface area is 255 Å². The van der Waals surface area contributed by atoms with E-state index in [9.17, 15) is 16.8 Å². The number of sulfone groups is 2. The van der Waals surface area contributed by atoms with Crippen molar-refractivity contribution in [2.75, 3.05) is 53.0 Å². The van der Waals surface area contributed by atoms with Gasteiger partial charge in [-0.15, -0.1) is 0 Å². The molecule has 3 aromatic rings. The molecule has 1 saturated heterocycles. The minimum atomic E-state index is -4.05. The van der Waals surface area contributed by atoms with Gasteiger partial charge in [-0.2, -0.15) is 0 Å². The third kappa shape index (κ3) is 7.11. The highest BCUT2D eigenvalue weighted by Crippen LogP contribution is 2.47. The molecule has 0 saturated carbocycles. The molecule has 9 nitrogen and oxygen atoms in total. The maximum absolute atomic E-state index is 13.8. The zero-order chi connectivity index (χ0) is 31.1. The van der Waals surface area contributed by atoms with Crippen molar-refractivity contribution in [3.63, 3.8) is 0 Å². The Hall–Kier alpha value is -3.28. The van der Waals surface area contributed by atoms with Gasteiger partial charge in [0.15, 0.2) is 46.8 Å². The van der Waals surface area contributed by atoms with E-state index in [4.69, 9.17) is 18.9 Å². The maximum Gasteiger partial charge on any atom is 0.198 e. The standard InChI is InChI=1S/C32H41NO8S2/c1-33(19-16-25-12-14-28(38-2)30(22-25)40-4)18-8-17-32(42(34,35)20-9-21-43(32,36)37)27-13-15-29(39-3)31(23-27)41-24-26-10-6-5-7-11-26/h5-7,10-15,22-23H,8-9,16-21,24H2,1-4H3. The number of benzene rings is 3. The van der Waals surface area contributed by atoms with Gasteiger partial charge >= 0.3 is 0 Å². The molecule has 1 aliphatic heterocycles. The Balaban J connectivity index is 1.55. The molecule has 0 spiro atoms. The molecular weight excluding hydrogens is 590 g/mol. The summed E-state index contributed by atoms with van der Waals surface area (Å²) < 4.78 is 75.3. The summed E-state index contributed by atoms with van der Waals surface area (Å²) in [5, 5.41) is 0. The van der Waals surface area contributed by atoms with Gasteiger partial charge in [0.05, 0.1) is 32.8 Å². The quantitative estimate of drug-likeness (QED) is 0.252. The van der Waals surface area contributed by atoms with Crippen LogP contribution in [0.25, 0.3) is 0 Å². The molecule has 1 fully saturated rings. The largest absolute Gasteiger partial charge is 0.493 e. The lowest BCUT2D eigenvalue weighted by Gasteiger charge is -2.37. The summed E-state index contributed by atoms with van der Waals surface area (Å²) in [7, 11) is -1.47. The lowest BCUT2D eigenvalue weighted by atomic mass is 10.1. The van der Waals surface area contributed by atoms with Crippen LogP contribution in [0.3, 0.4) is 0 Å². The molecule has 1 aliphatic rings. The molecule has 0 amide bonds. The van der Waals surface area contributed by atoms with Crippen LogP contribution < -0.4 is 18.9 Å². The van der Waals surface area contributed by atoms with Gasteiger partial charge in [0, 0.05) is 6.54 Å². The zero-order valence-electron chi connectivity index (χ0n) is 25.2. The molecule has 1 heterocycles. The molecule has 0 unspecified atom stereocenters. The Morgan fingerprint density at radius 3 is 2.00 bits per heavy atom. The minimum absolute atomic E-state index is 0.0528. The van der Waals surface area contributed by atoms with Crippen LogP contribution in [-0.4, -0.2) is 74.7 Å². The van der Waals surface area contributed by atoms with Gasteiger partial charge < -0.3 is 23.8 Å². The summed E-state index contributed by atoms with van der Waals surface area (Å²) in [5.74, 6) is 1.64. The highest BCUT2D eigenvalue weighted by atomic mass is 32.3. The minimum Gasteiger partial charge on any atom is -0.493 e. The van der Waals surface area contributed by atoms with Crippen LogP contribution >= 0.6 is 0 Å². The van der Waals surface area contributed by atoms with E-state index >= 15 is 0 Å². The van der Waals surface area contributed by atoms with Crippen LogP contribution in [0.2, 0.25) is 0 Å². The van der Waals surface area contributed by atoms with Crippen molar-refractivity contribution in [3.8, 4) is 23.0 Å². The van der Waals surface area contributed by atoms with E-state index in [-0.39, 0.29) is 36.5 Å². The Kier molecular flexibility index (Phi) is 10.6. The predicted molar refractivity (Wildman–Crippen MR) is 168 cm³/mol. The number of methoxy groups -OCH3 is 3. The number of nitrogens with zero attached hydrogens (tertiary/aromatic N) is 1. The number of hydrogen-bond acceptors (Lipinski definition) is 9. The molecule has 0 atom stereocenters. The highest BCUT2D eigenvalue weighted by molar-refractivity contribution is 8.10. The summed E-state index contributed by atoms with van der Waals surface area (Å²) in [6, 6.07) is 20.0. The van der Waals surface area contributed by atoms with Crippen molar-refractivity contribution in [1.82, 2.24) is 4.90 Å².